The molecule has 1 N–H and O–H groups in total. The number of amides is 1. The van der Waals surface area contributed by atoms with E-state index in [4.69, 9.17) is 14.2 Å². The summed E-state index contributed by atoms with van der Waals surface area (Å²) in [6.07, 6.45) is 4.40. The molecule has 6 nitrogen and oxygen atoms in total. The molecule has 192 valence electrons. The lowest BCUT2D eigenvalue weighted by molar-refractivity contribution is -0.116. The smallest absolute Gasteiger partial charge is 0.337 e. The summed E-state index contributed by atoms with van der Waals surface area (Å²) in [5.41, 5.74) is 3.80. The molecule has 0 bridgehead atoms. The topological polar surface area (TPSA) is 73.9 Å². The third-order valence-corrected chi connectivity index (χ3v) is 6.30. The molecule has 1 unspecified atom stereocenters. The minimum Gasteiger partial charge on any atom is -0.496 e. The average molecular weight is 484 g/mol. The van der Waals surface area contributed by atoms with Crippen molar-refractivity contribution in [3.8, 4) is 11.5 Å². The number of esters is 1. The minimum absolute atomic E-state index is 0.0111. The van der Waals surface area contributed by atoms with Gasteiger partial charge in [0.15, 0.2) is 0 Å². The molecule has 0 aliphatic heterocycles. The third kappa shape index (κ3) is 7.48. The highest BCUT2D eigenvalue weighted by atomic mass is 16.5. The molecule has 0 aromatic heterocycles. The number of hydrogen-bond acceptors (Lipinski definition) is 5. The molecule has 0 fully saturated rings. The molecular formula is C29H41NO5. The summed E-state index contributed by atoms with van der Waals surface area (Å²) >= 11 is 0. The maximum Gasteiger partial charge on any atom is 0.337 e. The van der Waals surface area contributed by atoms with Crippen LogP contribution < -0.4 is 14.8 Å². The normalized spacial score (nSPS) is 12.1. The van der Waals surface area contributed by atoms with E-state index in [0.29, 0.717) is 17.7 Å². The molecule has 2 rings (SSSR count). The van der Waals surface area contributed by atoms with Gasteiger partial charge < -0.3 is 19.5 Å². The van der Waals surface area contributed by atoms with E-state index in [1.165, 1.54) is 7.11 Å². The molecule has 2 aromatic carbocycles. The van der Waals surface area contributed by atoms with Crippen molar-refractivity contribution in [2.45, 2.75) is 78.1 Å². The molecule has 6 heteroatoms. The van der Waals surface area contributed by atoms with Crippen molar-refractivity contribution in [1.29, 1.82) is 0 Å². The molecule has 0 radical (unpaired) electrons. The van der Waals surface area contributed by atoms with Crippen LogP contribution in [0.1, 0.15) is 92.8 Å². The molecule has 0 saturated carbocycles. The largest absolute Gasteiger partial charge is 0.496 e. The monoisotopic (exact) mass is 483 g/mol. The van der Waals surface area contributed by atoms with Crippen molar-refractivity contribution >= 4 is 17.6 Å². The van der Waals surface area contributed by atoms with Crippen LogP contribution in [0, 0.1) is 6.92 Å². The van der Waals surface area contributed by atoms with E-state index in [2.05, 4.69) is 39.1 Å². The molecule has 0 aliphatic rings. The van der Waals surface area contributed by atoms with Crippen molar-refractivity contribution in [3.05, 3.63) is 52.6 Å². The molecule has 2 aromatic rings. The lowest BCUT2D eigenvalue weighted by Gasteiger charge is -2.25. The molecule has 0 saturated heterocycles. The SMILES string of the molecule is CCCCCC(CC(=O)Nc1cc(C(=O)OC)ccc1C(C)(C)C)c1cc(C)c(OC)cc1OC. The van der Waals surface area contributed by atoms with Gasteiger partial charge in [-0.2, -0.15) is 0 Å². The standard InChI is InChI=1S/C29H41NO5/c1-9-10-11-12-20(22-15-19(2)25(33-6)18-26(22)34-7)17-27(31)30-24-16-21(28(32)35-8)13-14-23(24)29(3,4)5/h13-16,18,20H,9-12,17H2,1-8H3,(H,30,31). The highest BCUT2D eigenvalue weighted by molar-refractivity contribution is 5.96. The Hall–Kier alpha value is -3.02. The van der Waals surface area contributed by atoms with Crippen LogP contribution in [0.4, 0.5) is 5.69 Å². The van der Waals surface area contributed by atoms with E-state index < -0.39 is 5.97 Å². The summed E-state index contributed by atoms with van der Waals surface area (Å²) in [4.78, 5) is 25.5. The van der Waals surface area contributed by atoms with Crippen LogP contribution in [0.2, 0.25) is 0 Å². The van der Waals surface area contributed by atoms with Crippen molar-refractivity contribution in [3.63, 3.8) is 0 Å². The number of hydrogen-bond donors (Lipinski definition) is 1. The fraction of sp³-hybridized carbons (Fsp3) is 0.517. The van der Waals surface area contributed by atoms with Crippen LogP contribution in [-0.4, -0.2) is 33.2 Å². The van der Waals surface area contributed by atoms with E-state index in [0.717, 1.165) is 53.9 Å². The number of aryl methyl sites for hydroxylation is 1. The van der Waals surface area contributed by atoms with Gasteiger partial charge in [0.2, 0.25) is 5.91 Å². The number of unbranched alkanes of at least 4 members (excludes halogenated alkanes) is 2. The van der Waals surface area contributed by atoms with Gasteiger partial charge in [0.25, 0.3) is 0 Å². The summed E-state index contributed by atoms with van der Waals surface area (Å²) in [6, 6.07) is 9.29. The first-order valence-electron chi connectivity index (χ1n) is 12.3. The Labute approximate surface area is 210 Å². The lowest BCUT2D eigenvalue weighted by Crippen LogP contribution is -2.21. The van der Waals surface area contributed by atoms with Crippen LogP contribution in [0.25, 0.3) is 0 Å². The fourth-order valence-electron chi connectivity index (χ4n) is 4.39. The third-order valence-electron chi connectivity index (χ3n) is 6.30. The van der Waals surface area contributed by atoms with Crippen molar-refractivity contribution in [2.24, 2.45) is 0 Å². The minimum atomic E-state index is -0.433. The molecular weight excluding hydrogens is 442 g/mol. The second-order valence-electron chi connectivity index (χ2n) is 10.0. The first-order valence-corrected chi connectivity index (χ1v) is 12.3. The fourth-order valence-corrected chi connectivity index (χ4v) is 4.39. The number of benzene rings is 2. The molecule has 0 heterocycles. The van der Waals surface area contributed by atoms with Crippen LogP contribution in [0.3, 0.4) is 0 Å². The second-order valence-corrected chi connectivity index (χ2v) is 10.0. The van der Waals surface area contributed by atoms with Gasteiger partial charge in [-0.05, 0) is 59.6 Å². The number of rotatable bonds is 11. The number of ether oxygens (including phenoxy) is 3. The van der Waals surface area contributed by atoms with Crippen LogP contribution in [0.15, 0.2) is 30.3 Å². The number of anilines is 1. The molecule has 1 amide bonds. The number of nitrogens with one attached hydrogen (secondary N) is 1. The van der Waals surface area contributed by atoms with Gasteiger partial charge in [-0.25, -0.2) is 4.79 Å². The maximum absolute atomic E-state index is 13.4. The number of methoxy groups -OCH3 is 3. The molecule has 1 atom stereocenters. The van der Waals surface area contributed by atoms with Crippen LogP contribution in [-0.2, 0) is 14.9 Å². The summed E-state index contributed by atoms with van der Waals surface area (Å²) in [5.74, 6) is 0.941. The van der Waals surface area contributed by atoms with Gasteiger partial charge in [0.1, 0.15) is 11.5 Å². The summed E-state index contributed by atoms with van der Waals surface area (Å²) in [6.45, 7) is 10.4. The van der Waals surface area contributed by atoms with Gasteiger partial charge in [-0.3, -0.25) is 4.79 Å². The highest BCUT2D eigenvalue weighted by Crippen LogP contribution is 2.38. The lowest BCUT2D eigenvalue weighted by atomic mass is 9.84. The van der Waals surface area contributed by atoms with Crippen LogP contribution in [0.5, 0.6) is 11.5 Å². The van der Waals surface area contributed by atoms with E-state index in [-0.39, 0.29) is 17.2 Å². The van der Waals surface area contributed by atoms with Crippen molar-refractivity contribution in [2.75, 3.05) is 26.6 Å². The van der Waals surface area contributed by atoms with Crippen molar-refractivity contribution < 1.29 is 23.8 Å². The first kappa shape index (κ1) is 28.2. The average Bonchev–Trinajstić information content (AvgIpc) is 2.82. The predicted octanol–water partition coefficient (Wildman–Crippen LogP) is 6.79. The summed E-state index contributed by atoms with van der Waals surface area (Å²) < 4.78 is 16.0. The van der Waals surface area contributed by atoms with Gasteiger partial charge in [0.05, 0.1) is 26.9 Å². The Balaban J connectivity index is 2.40. The second kappa shape index (κ2) is 12.6. The molecule has 35 heavy (non-hydrogen) atoms. The van der Waals surface area contributed by atoms with Gasteiger partial charge in [-0.1, -0.05) is 53.0 Å². The first-order chi connectivity index (χ1) is 16.5. The van der Waals surface area contributed by atoms with Gasteiger partial charge in [0, 0.05) is 18.2 Å². The van der Waals surface area contributed by atoms with E-state index in [9.17, 15) is 9.59 Å². The van der Waals surface area contributed by atoms with E-state index in [1.54, 1.807) is 26.4 Å². The molecule has 0 aliphatic carbocycles. The zero-order chi connectivity index (χ0) is 26.2. The Morgan fingerprint density at radius 2 is 1.66 bits per heavy atom. The molecule has 0 spiro atoms. The maximum atomic E-state index is 13.4. The van der Waals surface area contributed by atoms with Gasteiger partial charge in [-0.15, -0.1) is 0 Å². The van der Waals surface area contributed by atoms with Crippen LogP contribution >= 0.6 is 0 Å². The summed E-state index contributed by atoms with van der Waals surface area (Å²) in [5, 5.41) is 3.09. The Bertz CT molecular complexity index is 1020. The number of carbonyl (C=O) groups is 2. The van der Waals surface area contributed by atoms with Crippen molar-refractivity contribution in [1.82, 2.24) is 0 Å². The summed E-state index contributed by atoms with van der Waals surface area (Å²) in [7, 11) is 4.64. The Morgan fingerprint density at radius 1 is 0.971 bits per heavy atom. The Kier molecular flexibility index (Phi) is 10.2. The Morgan fingerprint density at radius 3 is 2.23 bits per heavy atom. The van der Waals surface area contributed by atoms with E-state index >= 15 is 0 Å². The van der Waals surface area contributed by atoms with E-state index in [1.807, 2.05) is 19.1 Å². The zero-order valence-corrected chi connectivity index (χ0v) is 22.5. The zero-order valence-electron chi connectivity index (χ0n) is 22.5. The quantitative estimate of drug-likeness (QED) is 0.281. The number of carbonyl (C=O) groups excluding carboxylic acids is 2. The predicted molar refractivity (Wildman–Crippen MR) is 141 cm³/mol. The highest BCUT2D eigenvalue weighted by Gasteiger charge is 2.24. The van der Waals surface area contributed by atoms with Gasteiger partial charge >= 0.3 is 5.97 Å².